The summed E-state index contributed by atoms with van der Waals surface area (Å²) in [5.74, 6) is 0.754. The van der Waals surface area contributed by atoms with Crippen molar-refractivity contribution in [1.29, 1.82) is 0 Å². The smallest absolute Gasteiger partial charge is 0.420 e. The third-order valence-corrected chi connectivity index (χ3v) is 5.81. The molecule has 26 heavy (non-hydrogen) atoms. The van der Waals surface area contributed by atoms with Crippen LogP contribution < -0.4 is 4.52 Å². The molecule has 0 spiro atoms. The Balaban J connectivity index is 2.01. The molecule has 1 unspecified atom stereocenters. The van der Waals surface area contributed by atoms with Gasteiger partial charge in [-0.15, -0.1) is 0 Å². The molecule has 0 aliphatic rings. The molecule has 11 heteroatoms. The van der Waals surface area contributed by atoms with Gasteiger partial charge >= 0.3 is 13.8 Å². The summed E-state index contributed by atoms with van der Waals surface area (Å²) in [5, 5.41) is 11.0. The van der Waals surface area contributed by atoms with E-state index >= 15 is 0 Å². The molecule has 1 atom stereocenters. The van der Waals surface area contributed by atoms with Gasteiger partial charge in [0.25, 0.3) is 5.69 Å². The molecule has 0 aliphatic carbocycles. The molecule has 0 saturated carbocycles. The average molecular weight is 468 g/mol. The van der Waals surface area contributed by atoms with Crippen molar-refractivity contribution in [3.05, 3.63) is 68.2 Å². The molecular formula is C15H13BrF2NO5PS. The van der Waals surface area contributed by atoms with Crippen LogP contribution in [0.2, 0.25) is 0 Å². The van der Waals surface area contributed by atoms with Gasteiger partial charge < -0.3 is 9.42 Å². The minimum Gasteiger partial charge on any atom is -0.420 e. The monoisotopic (exact) mass is 467 g/mol. The Labute approximate surface area is 160 Å². The lowest BCUT2D eigenvalue weighted by molar-refractivity contribution is -0.385. The van der Waals surface area contributed by atoms with Crippen LogP contribution in [0.25, 0.3) is 0 Å². The van der Waals surface area contributed by atoms with E-state index in [1.54, 1.807) is 30.3 Å². The summed E-state index contributed by atoms with van der Waals surface area (Å²) < 4.78 is 40.8. The molecule has 1 N–H and O–H groups in total. The van der Waals surface area contributed by atoms with Gasteiger partial charge in [0.05, 0.1) is 9.40 Å². The highest BCUT2D eigenvalue weighted by molar-refractivity contribution is 9.10. The predicted molar refractivity (Wildman–Crippen MR) is 98.7 cm³/mol. The molecule has 0 heterocycles. The molecule has 2 rings (SSSR count). The number of alkyl halides is 2. The predicted octanol–water partition coefficient (Wildman–Crippen LogP) is 5.58. The van der Waals surface area contributed by atoms with Gasteiger partial charge in [0.15, 0.2) is 0 Å². The molecule has 140 valence electrons. The maximum Gasteiger partial charge on any atom is 0.442 e. The zero-order chi connectivity index (χ0) is 19.3. The minimum atomic E-state index is -5.04. The number of hydrogen-bond donors (Lipinski definition) is 1. The Morgan fingerprint density at radius 1 is 1.27 bits per heavy atom. The van der Waals surface area contributed by atoms with E-state index in [1.807, 2.05) is 0 Å². The summed E-state index contributed by atoms with van der Waals surface area (Å²) >= 11 is 4.55. The van der Waals surface area contributed by atoms with Gasteiger partial charge in [-0.2, -0.15) is 20.5 Å². The molecule has 2 aromatic carbocycles. The fourth-order valence-corrected chi connectivity index (χ4v) is 4.11. The summed E-state index contributed by atoms with van der Waals surface area (Å²) in [6.45, 7) is 0. The quantitative estimate of drug-likeness (QED) is 0.309. The zero-order valence-corrected chi connectivity index (χ0v) is 16.3. The van der Waals surface area contributed by atoms with Crippen molar-refractivity contribution in [2.75, 3.05) is 0 Å². The van der Waals surface area contributed by atoms with Gasteiger partial charge in [-0.25, -0.2) is 4.57 Å². The molecular weight excluding hydrogens is 455 g/mol. The van der Waals surface area contributed by atoms with Crippen LogP contribution in [0.4, 0.5) is 14.5 Å². The van der Waals surface area contributed by atoms with E-state index in [0.29, 0.717) is 17.1 Å². The molecule has 0 aliphatic heterocycles. The highest BCUT2D eigenvalue weighted by atomic mass is 79.9. The summed E-state index contributed by atoms with van der Waals surface area (Å²) in [4.78, 5) is 19.6. The first-order valence-electron chi connectivity index (χ1n) is 7.09. The Morgan fingerprint density at radius 2 is 1.96 bits per heavy atom. The van der Waals surface area contributed by atoms with E-state index < -0.39 is 18.7 Å². The van der Waals surface area contributed by atoms with Crippen LogP contribution in [-0.4, -0.2) is 16.0 Å². The molecule has 0 aromatic heterocycles. The van der Waals surface area contributed by atoms with E-state index in [2.05, 4.69) is 20.5 Å². The number of rotatable bonds is 8. The van der Waals surface area contributed by atoms with Gasteiger partial charge in [-0.1, -0.05) is 24.3 Å². The molecule has 0 bridgehead atoms. The normalized spacial score (nSPS) is 13.4. The van der Waals surface area contributed by atoms with Crippen molar-refractivity contribution in [3.63, 3.8) is 0 Å². The SMILES string of the molecule is O=[N+]([O-])c1ccccc1CSCc1ccc(OP(=O)(O)C(F)F)c(Br)c1. The second-order valence-electron chi connectivity index (χ2n) is 5.08. The minimum absolute atomic E-state index is 0.0515. The number of benzene rings is 2. The molecule has 0 radical (unpaired) electrons. The summed E-state index contributed by atoms with van der Waals surface area (Å²) in [7, 11) is -5.04. The third-order valence-electron chi connectivity index (χ3n) is 3.19. The van der Waals surface area contributed by atoms with E-state index in [9.17, 15) is 23.5 Å². The topological polar surface area (TPSA) is 89.7 Å². The molecule has 6 nitrogen and oxygen atoms in total. The van der Waals surface area contributed by atoms with Crippen molar-refractivity contribution >= 4 is 41.0 Å². The second kappa shape index (κ2) is 8.94. The first-order chi connectivity index (χ1) is 12.2. The number of halogens is 3. The van der Waals surface area contributed by atoms with Crippen LogP contribution in [0.1, 0.15) is 11.1 Å². The fourth-order valence-electron chi connectivity index (χ4n) is 1.98. The largest absolute Gasteiger partial charge is 0.442 e. The highest BCUT2D eigenvalue weighted by Crippen LogP contribution is 2.50. The first-order valence-corrected chi connectivity index (χ1v) is 10.7. The number of nitro benzene ring substituents is 1. The number of nitro groups is 1. The first kappa shape index (κ1) is 20.8. The Kier molecular flexibility index (Phi) is 7.16. The summed E-state index contributed by atoms with van der Waals surface area (Å²) in [5.41, 5.74) is 1.44. The van der Waals surface area contributed by atoms with Gasteiger partial charge in [0, 0.05) is 23.1 Å². The maximum atomic E-state index is 12.4. The summed E-state index contributed by atoms with van der Waals surface area (Å²) in [6, 6.07) is 10.9. The highest BCUT2D eigenvalue weighted by Gasteiger charge is 2.34. The standard InChI is InChI=1S/C15H13BrF2NO5PS/c16-12-7-10(5-6-14(12)24-25(22,23)15(17)18)8-26-9-11-3-1-2-4-13(11)19(20)21/h1-7,15H,8-9H2,(H,22,23). The Morgan fingerprint density at radius 3 is 2.58 bits per heavy atom. The average Bonchev–Trinajstić information content (AvgIpc) is 2.57. The van der Waals surface area contributed by atoms with Crippen LogP contribution in [0, 0.1) is 10.1 Å². The van der Waals surface area contributed by atoms with Crippen molar-refractivity contribution in [2.24, 2.45) is 0 Å². The Bertz CT molecular complexity index is 855. The van der Waals surface area contributed by atoms with E-state index in [-0.39, 0.29) is 15.9 Å². The number of nitrogens with zero attached hydrogens (tertiary/aromatic N) is 1. The van der Waals surface area contributed by atoms with E-state index in [4.69, 9.17) is 4.89 Å². The van der Waals surface area contributed by atoms with Gasteiger partial charge in [0.2, 0.25) is 0 Å². The van der Waals surface area contributed by atoms with Crippen LogP contribution >= 0.6 is 35.3 Å². The van der Waals surface area contributed by atoms with E-state index in [0.717, 1.165) is 5.56 Å². The van der Waals surface area contributed by atoms with Crippen LogP contribution in [0.5, 0.6) is 5.75 Å². The van der Waals surface area contributed by atoms with Crippen molar-refractivity contribution in [2.45, 2.75) is 17.7 Å². The van der Waals surface area contributed by atoms with Crippen molar-refractivity contribution in [1.82, 2.24) is 0 Å². The molecule has 0 saturated heterocycles. The van der Waals surface area contributed by atoms with Crippen LogP contribution in [0.3, 0.4) is 0 Å². The number of thioether (sulfide) groups is 1. The fraction of sp³-hybridized carbons (Fsp3) is 0.200. The van der Waals surface area contributed by atoms with Gasteiger partial charge in [-0.05, 0) is 33.6 Å². The van der Waals surface area contributed by atoms with Crippen LogP contribution in [-0.2, 0) is 16.1 Å². The molecule has 2 aromatic rings. The second-order valence-corrected chi connectivity index (χ2v) is 8.62. The third kappa shape index (κ3) is 5.51. The van der Waals surface area contributed by atoms with E-state index in [1.165, 1.54) is 23.9 Å². The summed E-state index contributed by atoms with van der Waals surface area (Å²) in [6.07, 6.45) is -3.49. The number of hydrogen-bond acceptors (Lipinski definition) is 5. The Hall–Kier alpha value is -1.48. The van der Waals surface area contributed by atoms with Gasteiger partial charge in [0.1, 0.15) is 5.75 Å². The van der Waals surface area contributed by atoms with Gasteiger partial charge in [-0.3, -0.25) is 10.1 Å². The lowest BCUT2D eigenvalue weighted by Crippen LogP contribution is -2.01. The molecule has 0 amide bonds. The van der Waals surface area contributed by atoms with Crippen molar-refractivity contribution in [3.8, 4) is 5.75 Å². The van der Waals surface area contributed by atoms with Crippen LogP contribution in [0.15, 0.2) is 46.9 Å². The maximum absolute atomic E-state index is 12.4. The number of para-hydroxylation sites is 1. The lowest BCUT2D eigenvalue weighted by Gasteiger charge is -2.14. The zero-order valence-electron chi connectivity index (χ0n) is 13.0. The lowest BCUT2D eigenvalue weighted by atomic mass is 10.2. The molecule has 0 fully saturated rings. The van der Waals surface area contributed by atoms with Crippen molar-refractivity contribution < 1.29 is 27.7 Å².